The van der Waals surface area contributed by atoms with E-state index >= 15 is 0 Å². The second-order valence-corrected chi connectivity index (χ2v) is 4.82. The van der Waals surface area contributed by atoms with Crippen molar-refractivity contribution in [3.8, 4) is 0 Å². The minimum atomic E-state index is 0.614. The molecule has 0 atom stereocenters. The Morgan fingerprint density at radius 2 is 2.12 bits per heavy atom. The largest absolute Gasteiger partial charge is 0.399 e. The SMILES string of the molecule is Cc1cc(NCCCOCC(C)C)ccc1N. The fourth-order valence-electron chi connectivity index (χ4n) is 1.51. The summed E-state index contributed by atoms with van der Waals surface area (Å²) in [6, 6.07) is 6.02. The Morgan fingerprint density at radius 3 is 2.76 bits per heavy atom. The van der Waals surface area contributed by atoms with Gasteiger partial charge in [-0.25, -0.2) is 0 Å². The highest BCUT2D eigenvalue weighted by molar-refractivity contribution is 5.56. The Morgan fingerprint density at radius 1 is 1.35 bits per heavy atom. The van der Waals surface area contributed by atoms with Gasteiger partial charge in [-0.3, -0.25) is 0 Å². The number of hydrogen-bond donors (Lipinski definition) is 2. The number of nitrogens with one attached hydrogen (secondary N) is 1. The number of nitrogens with two attached hydrogens (primary N) is 1. The van der Waals surface area contributed by atoms with Crippen LogP contribution in [0.1, 0.15) is 25.8 Å². The van der Waals surface area contributed by atoms with Crippen molar-refractivity contribution in [1.82, 2.24) is 0 Å². The molecular formula is C14H24N2O. The van der Waals surface area contributed by atoms with Gasteiger partial charge in [0.05, 0.1) is 0 Å². The summed E-state index contributed by atoms with van der Waals surface area (Å²) in [4.78, 5) is 0. The Bertz CT molecular complexity index is 337. The molecule has 96 valence electrons. The maximum absolute atomic E-state index is 5.76. The molecular weight excluding hydrogens is 212 g/mol. The lowest BCUT2D eigenvalue weighted by molar-refractivity contribution is 0.110. The standard InChI is InChI=1S/C14H24N2O/c1-11(2)10-17-8-4-7-16-13-5-6-14(15)12(3)9-13/h5-6,9,11,16H,4,7-8,10,15H2,1-3H3. The predicted octanol–water partition coefficient (Wildman–Crippen LogP) is 3.05. The molecule has 1 aromatic carbocycles. The van der Waals surface area contributed by atoms with E-state index in [1.165, 1.54) is 0 Å². The molecule has 0 saturated carbocycles. The van der Waals surface area contributed by atoms with E-state index in [2.05, 4.69) is 25.2 Å². The number of rotatable bonds is 7. The number of hydrogen-bond acceptors (Lipinski definition) is 3. The van der Waals surface area contributed by atoms with Crippen LogP contribution in [-0.2, 0) is 4.74 Å². The normalized spacial score (nSPS) is 10.8. The van der Waals surface area contributed by atoms with Crippen molar-refractivity contribution in [2.75, 3.05) is 30.8 Å². The Kier molecular flexibility index (Phi) is 5.84. The molecule has 3 nitrogen and oxygen atoms in total. The van der Waals surface area contributed by atoms with Gasteiger partial charge in [0, 0.05) is 31.1 Å². The maximum Gasteiger partial charge on any atom is 0.0489 e. The third-order valence-electron chi connectivity index (χ3n) is 2.52. The Labute approximate surface area is 104 Å². The van der Waals surface area contributed by atoms with E-state index in [4.69, 9.17) is 10.5 Å². The Hall–Kier alpha value is -1.22. The van der Waals surface area contributed by atoms with Crippen LogP contribution in [0.5, 0.6) is 0 Å². The van der Waals surface area contributed by atoms with Crippen LogP contribution in [0, 0.1) is 12.8 Å². The van der Waals surface area contributed by atoms with Gasteiger partial charge in [0.15, 0.2) is 0 Å². The molecule has 0 aromatic heterocycles. The molecule has 0 radical (unpaired) electrons. The first-order chi connectivity index (χ1) is 8.09. The first-order valence-electron chi connectivity index (χ1n) is 6.27. The lowest BCUT2D eigenvalue weighted by atomic mass is 10.2. The minimum Gasteiger partial charge on any atom is -0.399 e. The molecule has 0 bridgehead atoms. The van der Waals surface area contributed by atoms with Crippen LogP contribution >= 0.6 is 0 Å². The molecule has 1 aromatic rings. The molecule has 0 unspecified atom stereocenters. The number of benzene rings is 1. The third kappa shape index (κ3) is 5.59. The molecule has 0 fully saturated rings. The van der Waals surface area contributed by atoms with E-state index < -0.39 is 0 Å². The van der Waals surface area contributed by atoms with Gasteiger partial charge in [-0.1, -0.05) is 13.8 Å². The van der Waals surface area contributed by atoms with Crippen LogP contribution in [-0.4, -0.2) is 19.8 Å². The molecule has 0 saturated heterocycles. The van der Waals surface area contributed by atoms with Crippen molar-refractivity contribution in [3.63, 3.8) is 0 Å². The summed E-state index contributed by atoms with van der Waals surface area (Å²) >= 11 is 0. The lowest BCUT2D eigenvalue weighted by Gasteiger charge is -2.09. The second-order valence-electron chi connectivity index (χ2n) is 4.82. The van der Waals surface area contributed by atoms with Crippen molar-refractivity contribution in [3.05, 3.63) is 23.8 Å². The zero-order chi connectivity index (χ0) is 12.7. The van der Waals surface area contributed by atoms with E-state index in [-0.39, 0.29) is 0 Å². The number of anilines is 2. The number of ether oxygens (including phenoxy) is 1. The second kappa shape index (κ2) is 7.17. The summed E-state index contributed by atoms with van der Waals surface area (Å²) in [7, 11) is 0. The molecule has 0 aliphatic carbocycles. The highest BCUT2D eigenvalue weighted by atomic mass is 16.5. The van der Waals surface area contributed by atoms with Gasteiger partial charge in [-0.2, -0.15) is 0 Å². The summed E-state index contributed by atoms with van der Waals surface area (Å²) in [6.45, 7) is 8.94. The first-order valence-corrected chi connectivity index (χ1v) is 6.27. The van der Waals surface area contributed by atoms with E-state index in [0.29, 0.717) is 5.92 Å². The first kappa shape index (κ1) is 13.8. The molecule has 3 heteroatoms. The fourth-order valence-corrected chi connectivity index (χ4v) is 1.51. The van der Waals surface area contributed by atoms with Crippen molar-refractivity contribution in [1.29, 1.82) is 0 Å². The van der Waals surface area contributed by atoms with Gasteiger partial charge < -0.3 is 15.8 Å². The van der Waals surface area contributed by atoms with Gasteiger partial charge in [-0.05, 0) is 43.0 Å². The van der Waals surface area contributed by atoms with Gasteiger partial charge in [-0.15, -0.1) is 0 Å². The molecule has 0 heterocycles. The van der Waals surface area contributed by atoms with Crippen molar-refractivity contribution in [2.45, 2.75) is 27.2 Å². The predicted molar refractivity (Wildman–Crippen MR) is 74.4 cm³/mol. The minimum absolute atomic E-state index is 0.614. The summed E-state index contributed by atoms with van der Waals surface area (Å²) in [5.74, 6) is 0.614. The van der Waals surface area contributed by atoms with Crippen LogP contribution in [0.25, 0.3) is 0 Å². The molecule has 0 spiro atoms. The molecule has 3 N–H and O–H groups in total. The molecule has 0 aliphatic rings. The highest BCUT2D eigenvalue weighted by Gasteiger charge is 1.97. The number of aryl methyl sites for hydroxylation is 1. The van der Waals surface area contributed by atoms with E-state index in [1.54, 1.807) is 0 Å². The Balaban J connectivity index is 2.16. The van der Waals surface area contributed by atoms with Gasteiger partial charge in [0.1, 0.15) is 0 Å². The zero-order valence-corrected chi connectivity index (χ0v) is 11.1. The summed E-state index contributed by atoms with van der Waals surface area (Å²) < 4.78 is 5.52. The van der Waals surface area contributed by atoms with E-state index in [0.717, 1.165) is 43.1 Å². The van der Waals surface area contributed by atoms with Crippen LogP contribution in [0.3, 0.4) is 0 Å². The van der Waals surface area contributed by atoms with Crippen molar-refractivity contribution in [2.24, 2.45) is 5.92 Å². The van der Waals surface area contributed by atoms with Crippen molar-refractivity contribution < 1.29 is 4.74 Å². The zero-order valence-electron chi connectivity index (χ0n) is 11.1. The number of nitrogen functional groups attached to an aromatic ring is 1. The summed E-state index contributed by atoms with van der Waals surface area (Å²) in [5, 5.41) is 3.37. The van der Waals surface area contributed by atoms with Crippen LogP contribution in [0.4, 0.5) is 11.4 Å². The molecule has 17 heavy (non-hydrogen) atoms. The molecule has 0 aliphatic heterocycles. The van der Waals surface area contributed by atoms with Crippen LogP contribution < -0.4 is 11.1 Å². The quantitative estimate of drug-likeness (QED) is 0.565. The van der Waals surface area contributed by atoms with Gasteiger partial charge >= 0.3 is 0 Å². The summed E-state index contributed by atoms with van der Waals surface area (Å²) in [5.41, 5.74) is 8.85. The molecule has 0 amide bonds. The van der Waals surface area contributed by atoms with Gasteiger partial charge in [0.2, 0.25) is 0 Å². The van der Waals surface area contributed by atoms with Crippen LogP contribution in [0.15, 0.2) is 18.2 Å². The summed E-state index contributed by atoms with van der Waals surface area (Å²) in [6.07, 6.45) is 1.02. The average Bonchev–Trinajstić information content (AvgIpc) is 2.27. The highest BCUT2D eigenvalue weighted by Crippen LogP contribution is 2.16. The monoisotopic (exact) mass is 236 g/mol. The van der Waals surface area contributed by atoms with Crippen LogP contribution in [0.2, 0.25) is 0 Å². The van der Waals surface area contributed by atoms with Crippen molar-refractivity contribution >= 4 is 11.4 Å². The topological polar surface area (TPSA) is 47.3 Å². The smallest absolute Gasteiger partial charge is 0.0489 e. The van der Waals surface area contributed by atoms with E-state index in [1.807, 2.05) is 19.1 Å². The maximum atomic E-state index is 5.76. The fraction of sp³-hybridized carbons (Fsp3) is 0.571. The third-order valence-corrected chi connectivity index (χ3v) is 2.52. The van der Waals surface area contributed by atoms with E-state index in [9.17, 15) is 0 Å². The average molecular weight is 236 g/mol. The lowest BCUT2D eigenvalue weighted by Crippen LogP contribution is -2.08. The molecule has 1 rings (SSSR count). The van der Waals surface area contributed by atoms with Gasteiger partial charge in [0.25, 0.3) is 0 Å².